The fourth-order valence-corrected chi connectivity index (χ4v) is 2.81. The molecule has 114 valence electrons. The first-order chi connectivity index (χ1) is 10.0. The lowest BCUT2D eigenvalue weighted by Gasteiger charge is -2.34. The van der Waals surface area contributed by atoms with E-state index in [4.69, 9.17) is 4.74 Å². The molecule has 21 heavy (non-hydrogen) atoms. The van der Waals surface area contributed by atoms with Crippen LogP contribution in [0.2, 0.25) is 0 Å². The molecule has 0 aliphatic carbocycles. The highest BCUT2D eigenvalue weighted by Crippen LogP contribution is 2.31. The highest BCUT2D eigenvalue weighted by molar-refractivity contribution is 9.10. The lowest BCUT2D eigenvalue weighted by molar-refractivity contribution is -0.384. The summed E-state index contributed by atoms with van der Waals surface area (Å²) in [5.41, 5.74) is 0.878. The number of methoxy groups -OCH3 is 1. The van der Waals surface area contributed by atoms with Crippen LogP contribution < -0.4 is 4.90 Å². The van der Waals surface area contributed by atoms with Crippen molar-refractivity contribution >= 4 is 33.3 Å². The van der Waals surface area contributed by atoms with E-state index in [2.05, 4.69) is 20.7 Å². The summed E-state index contributed by atoms with van der Waals surface area (Å²) in [6.45, 7) is 1.69. The molecule has 1 aliphatic heterocycles. The number of morpholine rings is 1. The van der Waals surface area contributed by atoms with Gasteiger partial charge in [-0.25, -0.2) is 0 Å². The predicted octanol–water partition coefficient (Wildman–Crippen LogP) is 2.13. The molecule has 8 heteroatoms. The molecule has 1 aliphatic rings. The van der Waals surface area contributed by atoms with Gasteiger partial charge in [-0.3, -0.25) is 14.9 Å². The van der Waals surface area contributed by atoms with Crippen LogP contribution >= 0.6 is 15.9 Å². The predicted molar refractivity (Wildman–Crippen MR) is 79.4 cm³/mol. The molecule has 1 aromatic carbocycles. The summed E-state index contributed by atoms with van der Waals surface area (Å²) < 4.78 is 10.8. The van der Waals surface area contributed by atoms with Gasteiger partial charge >= 0.3 is 5.97 Å². The molecular formula is C13H15BrN2O5. The number of esters is 1. The van der Waals surface area contributed by atoms with E-state index < -0.39 is 4.92 Å². The summed E-state index contributed by atoms with van der Waals surface area (Å²) in [7, 11) is 1.34. The van der Waals surface area contributed by atoms with Crippen molar-refractivity contribution in [3.63, 3.8) is 0 Å². The quantitative estimate of drug-likeness (QED) is 0.465. The Labute approximate surface area is 130 Å². The minimum atomic E-state index is -0.437. The van der Waals surface area contributed by atoms with Crippen LogP contribution in [0.1, 0.15) is 6.42 Å². The highest BCUT2D eigenvalue weighted by atomic mass is 79.9. The second-order valence-electron chi connectivity index (χ2n) is 4.61. The number of nitrogens with zero attached hydrogens (tertiary/aromatic N) is 2. The molecule has 1 saturated heterocycles. The van der Waals surface area contributed by atoms with E-state index in [1.54, 1.807) is 6.07 Å². The van der Waals surface area contributed by atoms with Crippen molar-refractivity contribution in [1.29, 1.82) is 0 Å². The normalized spacial score (nSPS) is 18.4. The van der Waals surface area contributed by atoms with Gasteiger partial charge in [0.05, 0.1) is 36.9 Å². The van der Waals surface area contributed by atoms with Crippen LogP contribution in [0.4, 0.5) is 11.4 Å². The average Bonchev–Trinajstić information content (AvgIpc) is 2.47. The lowest BCUT2D eigenvalue weighted by atomic mass is 10.2. The van der Waals surface area contributed by atoms with Crippen LogP contribution in [-0.2, 0) is 14.3 Å². The maximum Gasteiger partial charge on any atom is 0.308 e. The maximum absolute atomic E-state index is 11.3. The molecule has 2 rings (SSSR count). The third-order valence-corrected chi connectivity index (χ3v) is 3.88. The molecule has 1 fully saturated rings. The van der Waals surface area contributed by atoms with Crippen molar-refractivity contribution in [3.05, 3.63) is 32.8 Å². The monoisotopic (exact) mass is 358 g/mol. The fraction of sp³-hybridized carbons (Fsp3) is 0.462. The van der Waals surface area contributed by atoms with Crippen LogP contribution in [0, 0.1) is 10.1 Å². The van der Waals surface area contributed by atoms with Gasteiger partial charge < -0.3 is 14.4 Å². The fourth-order valence-electron chi connectivity index (χ4n) is 2.20. The molecule has 0 amide bonds. The summed E-state index contributed by atoms with van der Waals surface area (Å²) in [6, 6.07) is 4.63. The Kier molecular flexibility index (Phi) is 5.13. The molecule has 0 aromatic heterocycles. The number of anilines is 1. The largest absolute Gasteiger partial charge is 0.469 e. The number of nitro benzene ring substituents is 1. The van der Waals surface area contributed by atoms with Crippen LogP contribution in [-0.4, -0.2) is 43.8 Å². The Balaban J connectivity index is 2.10. The van der Waals surface area contributed by atoms with Gasteiger partial charge in [-0.05, 0) is 22.0 Å². The Morgan fingerprint density at radius 1 is 1.62 bits per heavy atom. The van der Waals surface area contributed by atoms with E-state index in [1.807, 2.05) is 4.90 Å². The first kappa shape index (κ1) is 15.7. The van der Waals surface area contributed by atoms with Crippen molar-refractivity contribution in [2.24, 2.45) is 0 Å². The van der Waals surface area contributed by atoms with Gasteiger partial charge in [-0.2, -0.15) is 0 Å². The van der Waals surface area contributed by atoms with Crippen molar-refractivity contribution in [2.75, 3.05) is 31.7 Å². The van der Waals surface area contributed by atoms with E-state index in [0.717, 1.165) is 5.69 Å². The van der Waals surface area contributed by atoms with Gasteiger partial charge in [0.1, 0.15) is 0 Å². The maximum atomic E-state index is 11.3. The number of rotatable bonds is 4. The van der Waals surface area contributed by atoms with E-state index in [9.17, 15) is 14.9 Å². The number of hydrogen-bond donors (Lipinski definition) is 0. The first-order valence-electron chi connectivity index (χ1n) is 6.38. The van der Waals surface area contributed by atoms with Crippen LogP contribution in [0.25, 0.3) is 0 Å². The number of non-ortho nitro benzene ring substituents is 1. The Morgan fingerprint density at radius 3 is 3.00 bits per heavy atom. The van der Waals surface area contributed by atoms with Crippen LogP contribution in [0.5, 0.6) is 0 Å². The van der Waals surface area contributed by atoms with E-state index in [-0.39, 0.29) is 24.2 Å². The Morgan fingerprint density at radius 2 is 2.38 bits per heavy atom. The van der Waals surface area contributed by atoms with Crippen LogP contribution in [0.3, 0.4) is 0 Å². The van der Waals surface area contributed by atoms with Crippen molar-refractivity contribution < 1.29 is 19.2 Å². The number of halogens is 1. The third-order valence-electron chi connectivity index (χ3n) is 3.24. The SMILES string of the molecule is COC(=O)CC1CN(c2ccc([N+](=O)[O-])cc2Br)CCO1. The van der Waals surface area contributed by atoms with Gasteiger partial charge in [0, 0.05) is 29.7 Å². The molecule has 0 saturated carbocycles. The average molecular weight is 359 g/mol. The zero-order chi connectivity index (χ0) is 15.4. The number of carbonyl (C=O) groups excluding carboxylic acids is 1. The molecule has 0 bridgehead atoms. The standard InChI is InChI=1S/C13H15BrN2O5/c1-20-13(17)7-10-8-15(4-5-21-10)12-3-2-9(16(18)19)6-11(12)14/h2-3,6,10H,4-5,7-8H2,1H3. The molecule has 0 N–H and O–H groups in total. The van der Waals surface area contributed by atoms with Gasteiger partial charge in [-0.1, -0.05) is 0 Å². The summed E-state index contributed by atoms with van der Waals surface area (Å²) >= 11 is 3.36. The number of benzene rings is 1. The highest BCUT2D eigenvalue weighted by Gasteiger charge is 2.25. The van der Waals surface area contributed by atoms with Crippen molar-refractivity contribution in [1.82, 2.24) is 0 Å². The topological polar surface area (TPSA) is 81.9 Å². The summed E-state index contributed by atoms with van der Waals surface area (Å²) in [6.07, 6.45) is -0.0503. The Bertz CT molecular complexity index is 551. The van der Waals surface area contributed by atoms with E-state index in [1.165, 1.54) is 19.2 Å². The summed E-state index contributed by atoms with van der Waals surface area (Å²) in [4.78, 5) is 23.6. The smallest absolute Gasteiger partial charge is 0.308 e. The number of nitro groups is 1. The molecular weight excluding hydrogens is 344 g/mol. The van der Waals surface area contributed by atoms with E-state index >= 15 is 0 Å². The van der Waals surface area contributed by atoms with Gasteiger partial charge in [0.2, 0.25) is 0 Å². The number of carbonyl (C=O) groups is 1. The third kappa shape index (κ3) is 3.92. The molecule has 7 nitrogen and oxygen atoms in total. The molecule has 1 unspecified atom stereocenters. The second kappa shape index (κ2) is 6.86. The van der Waals surface area contributed by atoms with Gasteiger partial charge in [-0.15, -0.1) is 0 Å². The molecule has 0 radical (unpaired) electrons. The minimum absolute atomic E-state index is 0.0324. The molecule has 1 aromatic rings. The minimum Gasteiger partial charge on any atom is -0.469 e. The van der Waals surface area contributed by atoms with Gasteiger partial charge in [0.15, 0.2) is 0 Å². The summed E-state index contributed by atoms with van der Waals surface area (Å²) in [5, 5.41) is 10.7. The van der Waals surface area contributed by atoms with Gasteiger partial charge in [0.25, 0.3) is 5.69 Å². The zero-order valence-electron chi connectivity index (χ0n) is 11.5. The Hall–Kier alpha value is -1.67. The second-order valence-corrected chi connectivity index (χ2v) is 5.47. The van der Waals surface area contributed by atoms with E-state index in [0.29, 0.717) is 24.2 Å². The number of ether oxygens (including phenoxy) is 2. The molecule has 1 heterocycles. The van der Waals surface area contributed by atoms with Crippen molar-refractivity contribution in [2.45, 2.75) is 12.5 Å². The van der Waals surface area contributed by atoms with Crippen molar-refractivity contribution in [3.8, 4) is 0 Å². The lowest BCUT2D eigenvalue weighted by Crippen LogP contribution is -2.43. The summed E-state index contributed by atoms with van der Waals surface area (Å²) in [5.74, 6) is -0.315. The first-order valence-corrected chi connectivity index (χ1v) is 7.18. The molecule has 1 atom stereocenters. The molecule has 0 spiro atoms. The number of hydrogen-bond acceptors (Lipinski definition) is 6. The van der Waals surface area contributed by atoms with Crippen LogP contribution in [0.15, 0.2) is 22.7 Å². The zero-order valence-corrected chi connectivity index (χ0v) is 13.0.